The van der Waals surface area contributed by atoms with Crippen molar-refractivity contribution in [3.05, 3.63) is 29.3 Å². The Morgan fingerprint density at radius 2 is 2.07 bits per heavy atom. The van der Waals surface area contributed by atoms with E-state index in [0.29, 0.717) is 16.6 Å². The Labute approximate surface area is 164 Å². The quantitative estimate of drug-likeness (QED) is 0.625. The van der Waals surface area contributed by atoms with E-state index in [1.807, 2.05) is 25.2 Å². The van der Waals surface area contributed by atoms with Crippen molar-refractivity contribution in [2.24, 2.45) is 0 Å². The average Bonchev–Trinajstić information content (AvgIpc) is 3.27. The second-order valence-electron chi connectivity index (χ2n) is 5.70. The highest BCUT2D eigenvalue weighted by atomic mass is 32.1. The first-order valence-corrected chi connectivity index (χ1v) is 9.79. The maximum atomic E-state index is 12.3. The van der Waals surface area contributed by atoms with Crippen LogP contribution in [0.4, 0.5) is 10.3 Å². The zero-order valence-corrected chi connectivity index (χ0v) is 16.7. The molecule has 142 valence electrons. The van der Waals surface area contributed by atoms with E-state index in [-0.39, 0.29) is 24.8 Å². The molecule has 0 aliphatic carbocycles. The monoisotopic (exact) mass is 405 g/mol. The van der Waals surface area contributed by atoms with Crippen LogP contribution in [0.25, 0.3) is 10.2 Å². The summed E-state index contributed by atoms with van der Waals surface area (Å²) in [5.41, 5.74) is 1.41. The summed E-state index contributed by atoms with van der Waals surface area (Å²) < 4.78 is 6.33. The molecule has 10 heteroatoms. The highest BCUT2D eigenvalue weighted by Gasteiger charge is 2.15. The van der Waals surface area contributed by atoms with E-state index >= 15 is 0 Å². The summed E-state index contributed by atoms with van der Waals surface area (Å²) in [6.07, 6.45) is 0.191. The maximum absolute atomic E-state index is 12.3. The molecule has 0 bridgehead atoms. The van der Waals surface area contributed by atoms with Crippen molar-refractivity contribution in [3.63, 3.8) is 0 Å². The summed E-state index contributed by atoms with van der Waals surface area (Å²) in [5, 5.41) is 8.26. The zero-order chi connectivity index (χ0) is 19.4. The lowest BCUT2D eigenvalue weighted by Gasteiger charge is -2.14. The van der Waals surface area contributed by atoms with Gasteiger partial charge in [-0.05, 0) is 12.1 Å². The molecule has 3 rings (SSSR count). The van der Waals surface area contributed by atoms with Gasteiger partial charge in [0.1, 0.15) is 11.3 Å². The Balaban J connectivity index is 1.63. The third kappa shape index (κ3) is 4.52. The number of rotatable bonds is 7. The normalized spacial score (nSPS) is 10.6. The number of aromatic nitrogens is 2. The molecule has 27 heavy (non-hydrogen) atoms. The number of anilines is 2. The van der Waals surface area contributed by atoms with Gasteiger partial charge in [0.25, 0.3) is 0 Å². The van der Waals surface area contributed by atoms with Crippen molar-refractivity contribution in [3.8, 4) is 5.75 Å². The van der Waals surface area contributed by atoms with Gasteiger partial charge in [0, 0.05) is 19.5 Å². The topological polar surface area (TPSA) is 96.5 Å². The van der Waals surface area contributed by atoms with Crippen molar-refractivity contribution in [1.82, 2.24) is 15.3 Å². The molecule has 0 unspecified atom stereocenters. The molecule has 0 aliphatic heterocycles. The van der Waals surface area contributed by atoms with E-state index in [2.05, 4.69) is 20.6 Å². The largest absolute Gasteiger partial charge is 0.494 e. The van der Waals surface area contributed by atoms with Crippen LogP contribution in [0.1, 0.15) is 5.69 Å². The number of thiazole rings is 2. The van der Waals surface area contributed by atoms with Gasteiger partial charge in [0.2, 0.25) is 11.8 Å². The van der Waals surface area contributed by atoms with Crippen LogP contribution in [-0.4, -0.2) is 49.5 Å². The summed E-state index contributed by atoms with van der Waals surface area (Å²) in [7, 11) is 4.99. The molecule has 2 heterocycles. The van der Waals surface area contributed by atoms with Gasteiger partial charge >= 0.3 is 0 Å². The number of ether oxygens (including phenoxy) is 1. The second-order valence-corrected chi connectivity index (χ2v) is 7.57. The molecule has 1 aromatic carbocycles. The molecule has 0 fully saturated rings. The third-order valence-corrected chi connectivity index (χ3v) is 5.66. The van der Waals surface area contributed by atoms with Gasteiger partial charge in [-0.15, -0.1) is 11.3 Å². The van der Waals surface area contributed by atoms with Gasteiger partial charge in [-0.2, -0.15) is 0 Å². The molecule has 8 nitrogen and oxygen atoms in total. The van der Waals surface area contributed by atoms with E-state index in [1.54, 1.807) is 24.4 Å². The smallest absolute Gasteiger partial charge is 0.245 e. The first kappa shape index (κ1) is 19.1. The number of nitrogens with zero attached hydrogens (tertiary/aromatic N) is 3. The second kappa shape index (κ2) is 8.31. The van der Waals surface area contributed by atoms with Gasteiger partial charge in [-0.1, -0.05) is 17.4 Å². The van der Waals surface area contributed by atoms with Gasteiger partial charge in [-0.25, -0.2) is 9.97 Å². The standard InChI is InChI=1S/C17H19N5O3S2/c1-18-13(23)7-10-9-26-16(19-10)20-14(24)8-22(2)17-21-15-11(25-3)5-4-6-12(15)27-17/h4-6,9H,7-8H2,1-3H3,(H,18,23)(H,19,20,24). The molecule has 2 N–H and O–H groups in total. The number of fused-ring (bicyclic) bond motifs is 1. The number of benzene rings is 1. The molecule has 0 atom stereocenters. The first-order valence-electron chi connectivity index (χ1n) is 8.09. The fourth-order valence-electron chi connectivity index (χ4n) is 2.38. The average molecular weight is 406 g/mol. The lowest BCUT2D eigenvalue weighted by Crippen LogP contribution is -2.30. The summed E-state index contributed by atoms with van der Waals surface area (Å²) >= 11 is 2.78. The van der Waals surface area contributed by atoms with Crippen LogP contribution in [0.3, 0.4) is 0 Å². The van der Waals surface area contributed by atoms with Crippen molar-refractivity contribution in [2.45, 2.75) is 6.42 Å². The lowest BCUT2D eigenvalue weighted by atomic mass is 10.3. The van der Waals surface area contributed by atoms with Gasteiger partial charge < -0.3 is 20.3 Å². The number of likely N-dealkylation sites (N-methyl/N-ethyl adjacent to an activating group) is 2. The number of para-hydroxylation sites is 1. The van der Waals surface area contributed by atoms with Crippen LogP contribution < -0.4 is 20.3 Å². The predicted octanol–water partition coefficient (Wildman–Crippen LogP) is 2.12. The predicted molar refractivity (Wildman–Crippen MR) is 108 cm³/mol. The number of hydrogen-bond acceptors (Lipinski definition) is 8. The summed E-state index contributed by atoms with van der Waals surface area (Å²) in [4.78, 5) is 34.3. The lowest BCUT2D eigenvalue weighted by molar-refractivity contribution is -0.120. The van der Waals surface area contributed by atoms with Crippen LogP contribution in [-0.2, 0) is 16.0 Å². The van der Waals surface area contributed by atoms with Crippen molar-refractivity contribution >= 4 is 55.0 Å². The number of carbonyl (C=O) groups is 2. The minimum atomic E-state index is -0.204. The minimum absolute atomic E-state index is 0.121. The van der Waals surface area contributed by atoms with Crippen molar-refractivity contribution in [1.29, 1.82) is 0 Å². The van der Waals surface area contributed by atoms with Gasteiger partial charge in [-0.3, -0.25) is 9.59 Å². The first-order chi connectivity index (χ1) is 13.0. The van der Waals surface area contributed by atoms with E-state index in [9.17, 15) is 9.59 Å². The molecule has 0 saturated heterocycles. The fourth-order valence-corrected chi connectivity index (χ4v) is 4.05. The highest BCUT2D eigenvalue weighted by molar-refractivity contribution is 7.22. The molecular weight excluding hydrogens is 386 g/mol. The van der Waals surface area contributed by atoms with Gasteiger partial charge in [0.15, 0.2) is 10.3 Å². The summed E-state index contributed by atoms with van der Waals surface area (Å²) in [5.74, 6) is 0.382. The molecular formula is C17H19N5O3S2. The minimum Gasteiger partial charge on any atom is -0.494 e. The van der Waals surface area contributed by atoms with Crippen molar-refractivity contribution < 1.29 is 14.3 Å². The van der Waals surface area contributed by atoms with E-state index in [1.165, 1.54) is 22.7 Å². The number of amides is 2. The molecule has 2 aromatic heterocycles. The Morgan fingerprint density at radius 3 is 2.81 bits per heavy atom. The molecule has 0 saturated carbocycles. The van der Waals surface area contributed by atoms with Crippen LogP contribution in [0.15, 0.2) is 23.6 Å². The van der Waals surface area contributed by atoms with Crippen LogP contribution in [0, 0.1) is 0 Å². The van der Waals surface area contributed by atoms with Crippen molar-refractivity contribution in [2.75, 3.05) is 38.0 Å². The molecule has 0 spiro atoms. The number of hydrogen-bond donors (Lipinski definition) is 2. The SMILES string of the molecule is CNC(=O)Cc1csc(NC(=O)CN(C)c2nc3c(OC)cccc3s2)n1. The zero-order valence-electron chi connectivity index (χ0n) is 15.1. The molecule has 2 amide bonds. The maximum Gasteiger partial charge on any atom is 0.245 e. The van der Waals surface area contributed by atoms with E-state index in [4.69, 9.17) is 4.74 Å². The van der Waals surface area contributed by atoms with E-state index in [0.717, 1.165) is 15.3 Å². The van der Waals surface area contributed by atoms with E-state index < -0.39 is 0 Å². The Morgan fingerprint density at radius 1 is 1.26 bits per heavy atom. The molecule has 3 aromatic rings. The number of carbonyl (C=O) groups excluding carboxylic acids is 2. The molecule has 0 aliphatic rings. The Kier molecular flexibility index (Phi) is 5.87. The number of methoxy groups -OCH3 is 1. The summed E-state index contributed by atoms with van der Waals surface area (Å²) in [6.45, 7) is 0.131. The molecule has 0 radical (unpaired) electrons. The van der Waals surface area contributed by atoms with Crippen LogP contribution in [0.5, 0.6) is 5.75 Å². The van der Waals surface area contributed by atoms with Crippen LogP contribution >= 0.6 is 22.7 Å². The summed E-state index contributed by atoms with van der Waals surface area (Å²) in [6, 6.07) is 5.74. The highest BCUT2D eigenvalue weighted by Crippen LogP contribution is 2.33. The van der Waals surface area contributed by atoms with Crippen LogP contribution in [0.2, 0.25) is 0 Å². The number of nitrogens with one attached hydrogen (secondary N) is 2. The third-order valence-electron chi connectivity index (χ3n) is 3.72. The Bertz CT molecular complexity index is 969. The Hall–Kier alpha value is -2.72. The fraction of sp³-hybridized carbons (Fsp3) is 0.294. The van der Waals surface area contributed by atoms with Gasteiger partial charge in [0.05, 0.1) is 30.5 Å².